The summed E-state index contributed by atoms with van der Waals surface area (Å²) < 4.78 is 0. The van der Waals surface area contributed by atoms with Crippen LogP contribution in [-0.4, -0.2) is 0 Å². The molecule has 0 nitrogen and oxygen atoms in total. The molecule has 0 radical (unpaired) electrons. The van der Waals surface area contributed by atoms with Gasteiger partial charge in [0.15, 0.2) is 0 Å². The van der Waals surface area contributed by atoms with Crippen molar-refractivity contribution in [1.82, 2.24) is 0 Å². The normalized spacial score (nSPS) is 10.8. The molecule has 0 aliphatic carbocycles. The molecule has 5 aromatic rings. The molecule has 0 heterocycles. The average Bonchev–Trinajstić information content (AvgIpc) is 2.88. The van der Waals surface area contributed by atoms with E-state index in [0.717, 1.165) is 17.5 Å². The molecular formula is C33H28. The first-order valence-electron chi connectivity index (χ1n) is 11.9. The second-order valence-corrected chi connectivity index (χ2v) is 8.67. The summed E-state index contributed by atoms with van der Waals surface area (Å²) in [4.78, 5) is 0. The van der Waals surface area contributed by atoms with E-state index in [0.29, 0.717) is 0 Å². The van der Waals surface area contributed by atoms with Crippen molar-refractivity contribution in [2.24, 2.45) is 0 Å². The summed E-state index contributed by atoms with van der Waals surface area (Å²) in [6.45, 7) is 2.25. The SMILES string of the molecule is CCCCCc1ccc(C#Cc2ccc(-c3cccc4c3ccc3ccccc34)cc2)cc1. The van der Waals surface area contributed by atoms with Crippen LogP contribution in [0.3, 0.4) is 0 Å². The highest BCUT2D eigenvalue weighted by atomic mass is 14.1. The zero-order chi connectivity index (χ0) is 22.5. The second kappa shape index (κ2) is 9.76. The van der Waals surface area contributed by atoms with Crippen molar-refractivity contribution in [2.45, 2.75) is 32.6 Å². The predicted molar refractivity (Wildman–Crippen MR) is 143 cm³/mol. The van der Waals surface area contributed by atoms with Crippen LogP contribution in [0.25, 0.3) is 32.7 Å². The van der Waals surface area contributed by atoms with Gasteiger partial charge in [0.1, 0.15) is 0 Å². The van der Waals surface area contributed by atoms with E-state index < -0.39 is 0 Å². The van der Waals surface area contributed by atoms with E-state index in [1.807, 2.05) is 0 Å². The van der Waals surface area contributed by atoms with E-state index in [4.69, 9.17) is 0 Å². The highest BCUT2D eigenvalue weighted by Gasteiger charge is 2.06. The van der Waals surface area contributed by atoms with E-state index in [1.165, 1.54) is 57.5 Å². The molecule has 5 aromatic carbocycles. The van der Waals surface area contributed by atoms with Crippen LogP contribution in [-0.2, 0) is 6.42 Å². The van der Waals surface area contributed by atoms with Crippen molar-refractivity contribution in [1.29, 1.82) is 0 Å². The van der Waals surface area contributed by atoms with Crippen LogP contribution < -0.4 is 0 Å². The molecule has 0 aliphatic heterocycles. The highest BCUT2D eigenvalue weighted by Crippen LogP contribution is 2.33. The maximum absolute atomic E-state index is 3.32. The Morgan fingerprint density at radius 3 is 2.00 bits per heavy atom. The molecule has 0 aliphatic rings. The third kappa shape index (κ3) is 4.69. The van der Waals surface area contributed by atoms with Gasteiger partial charge in [0.2, 0.25) is 0 Å². The Hall–Kier alpha value is -3.82. The number of benzene rings is 5. The van der Waals surface area contributed by atoms with Gasteiger partial charge >= 0.3 is 0 Å². The number of rotatable bonds is 5. The van der Waals surface area contributed by atoms with Gasteiger partial charge in [-0.2, -0.15) is 0 Å². The molecule has 160 valence electrons. The lowest BCUT2D eigenvalue weighted by Crippen LogP contribution is -1.86. The maximum Gasteiger partial charge on any atom is 0.0249 e. The van der Waals surface area contributed by atoms with Crippen LogP contribution >= 0.6 is 0 Å². The Morgan fingerprint density at radius 2 is 1.24 bits per heavy atom. The number of fused-ring (bicyclic) bond motifs is 3. The van der Waals surface area contributed by atoms with Gasteiger partial charge in [-0.25, -0.2) is 0 Å². The summed E-state index contributed by atoms with van der Waals surface area (Å²) in [5, 5.41) is 5.17. The minimum absolute atomic E-state index is 1.04. The Labute approximate surface area is 196 Å². The molecule has 0 atom stereocenters. The standard InChI is InChI=1S/C33H28/c1-2-3-4-8-25-13-15-26(16-14-25)17-18-27-19-21-29(22-20-27)31-11-7-12-32-30-10-6-5-9-28(30)23-24-33(31)32/h5-7,9-16,19-24H,2-4,8H2,1H3. The van der Waals surface area contributed by atoms with Gasteiger partial charge in [0.05, 0.1) is 0 Å². The molecule has 0 amide bonds. The number of hydrogen-bond acceptors (Lipinski definition) is 0. The molecule has 33 heavy (non-hydrogen) atoms. The fraction of sp³-hybridized carbons (Fsp3) is 0.152. The van der Waals surface area contributed by atoms with Crippen molar-refractivity contribution >= 4 is 21.5 Å². The molecule has 0 unspecified atom stereocenters. The lowest BCUT2D eigenvalue weighted by atomic mass is 9.94. The molecule has 0 saturated carbocycles. The van der Waals surface area contributed by atoms with E-state index in [1.54, 1.807) is 0 Å². The Balaban J connectivity index is 1.38. The quantitative estimate of drug-likeness (QED) is 0.150. The average molecular weight is 425 g/mol. The largest absolute Gasteiger partial charge is 0.0654 e. The van der Waals surface area contributed by atoms with E-state index in [2.05, 4.69) is 122 Å². The molecule has 0 bridgehead atoms. The van der Waals surface area contributed by atoms with Crippen molar-refractivity contribution in [3.63, 3.8) is 0 Å². The Morgan fingerprint density at radius 1 is 0.545 bits per heavy atom. The first-order valence-corrected chi connectivity index (χ1v) is 11.9. The monoisotopic (exact) mass is 424 g/mol. The third-order valence-electron chi connectivity index (χ3n) is 6.36. The second-order valence-electron chi connectivity index (χ2n) is 8.67. The Bertz CT molecular complexity index is 1440. The predicted octanol–water partition coefficient (Wildman–Crippen LogP) is 8.79. The topological polar surface area (TPSA) is 0 Å². The summed E-state index contributed by atoms with van der Waals surface area (Å²) in [6, 6.07) is 37.0. The van der Waals surface area contributed by atoms with Gasteiger partial charge < -0.3 is 0 Å². The van der Waals surface area contributed by atoms with Gasteiger partial charge in [-0.1, -0.05) is 110 Å². The van der Waals surface area contributed by atoms with Gasteiger partial charge in [-0.3, -0.25) is 0 Å². The van der Waals surface area contributed by atoms with Crippen LogP contribution in [0.1, 0.15) is 42.9 Å². The highest BCUT2D eigenvalue weighted by molar-refractivity contribution is 6.11. The fourth-order valence-corrected chi connectivity index (χ4v) is 4.50. The van der Waals surface area contributed by atoms with Crippen LogP contribution in [0, 0.1) is 11.8 Å². The van der Waals surface area contributed by atoms with Crippen LogP contribution in [0.4, 0.5) is 0 Å². The molecule has 0 fully saturated rings. The fourth-order valence-electron chi connectivity index (χ4n) is 4.50. The van der Waals surface area contributed by atoms with Gasteiger partial charge in [0, 0.05) is 11.1 Å². The zero-order valence-corrected chi connectivity index (χ0v) is 19.1. The molecule has 0 spiro atoms. The molecule has 0 N–H and O–H groups in total. The molecular weight excluding hydrogens is 396 g/mol. The van der Waals surface area contributed by atoms with Crippen LogP contribution in [0.15, 0.2) is 103 Å². The lowest BCUT2D eigenvalue weighted by Gasteiger charge is -2.10. The minimum atomic E-state index is 1.04. The number of unbranched alkanes of at least 4 members (excludes halogenated alkanes) is 2. The van der Waals surface area contributed by atoms with Crippen molar-refractivity contribution in [2.75, 3.05) is 0 Å². The van der Waals surface area contributed by atoms with E-state index >= 15 is 0 Å². The van der Waals surface area contributed by atoms with Gasteiger partial charge in [-0.05, 0) is 75.3 Å². The van der Waals surface area contributed by atoms with Gasteiger partial charge in [-0.15, -0.1) is 0 Å². The maximum atomic E-state index is 3.32. The first-order chi connectivity index (χ1) is 16.3. The van der Waals surface area contributed by atoms with E-state index in [-0.39, 0.29) is 0 Å². The molecule has 5 rings (SSSR count). The van der Waals surface area contributed by atoms with E-state index in [9.17, 15) is 0 Å². The number of hydrogen-bond donors (Lipinski definition) is 0. The van der Waals surface area contributed by atoms with Crippen molar-refractivity contribution < 1.29 is 0 Å². The first kappa shape index (κ1) is 21.0. The van der Waals surface area contributed by atoms with Crippen molar-refractivity contribution in [3.05, 3.63) is 120 Å². The van der Waals surface area contributed by atoms with Crippen molar-refractivity contribution in [3.8, 4) is 23.0 Å². The Kier molecular flexibility index (Phi) is 6.23. The smallest absolute Gasteiger partial charge is 0.0249 e. The summed E-state index contributed by atoms with van der Waals surface area (Å²) in [7, 11) is 0. The summed E-state index contributed by atoms with van der Waals surface area (Å²) in [5.74, 6) is 6.64. The van der Waals surface area contributed by atoms with Crippen LogP contribution in [0.2, 0.25) is 0 Å². The summed E-state index contributed by atoms with van der Waals surface area (Å²) in [5.41, 5.74) is 5.99. The minimum Gasteiger partial charge on any atom is -0.0654 e. The lowest BCUT2D eigenvalue weighted by molar-refractivity contribution is 0.717. The molecule has 0 saturated heterocycles. The van der Waals surface area contributed by atoms with Crippen LogP contribution in [0.5, 0.6) is 0 Å². The summed E-state index contributed by atoms with van der Waals surface area (Å²) in [6.07, 6.45) is 4.99. The third-order valence-corrected chi connectivity index (χ3v) is 6.36. The summed E-state index contributed by atoms with van der Waals surface area (Å²) >= 11 is 0. The molecule has 0 heteroatoms. The molecule has 0 aromatic heterocycles. The van der Waals surface area contributed by atoms with Gasteiger partial charge in [0.25, 0.3) is 0 Å². The number of aryl methyl sites for hydroxylation is 1. The zero-order valence-electron chi connectivity index (χ0n) is 19.1.